The molecule has 0 saturated carbocycles. The third-order valence-electron chi connectivity index (χ3n) is 3.83. The number of ether oxygens (including phenoxy) is 1. The minimum absolute atomic E-state index is 0.322. The fourth-order valence-electron chi connectivity index (χ4n) is 2.59. The highest BCUT2D eigenvalue weighted by molar-refractivity contribution is 5.54. The van der Waals surface area contributed by atoms with Crippen LogP contribution in [0.5, 0.6) is 0 Å². The lowest BCUT2D eigenvalue weighted by atomic mass is 9.87. The molecular formula is C20H29NO. The Morgan fingerprint density at radius 2 is 2.14 bits per heavy atom. The van der Waals surface area contributed by atoms with Crippen molar-refractivity contribution >= 4 is 0 Å². The molecule has 0 bridgehead atoms. The van der Waals surface area contributed by atoms with Gasteiger partial charge < -0.3 is 4.74 Å². The van der Waals surface area contributed by atoms with Crippen LogP contribution in [0.25, 0.3) is 0 Å². The van der Waals surface area contributed by atoms with Crippen LogP contribution in [-0.4, -0.2) is 20.4 Å². The first kappa shape index (κ1) is 18.4. The summed E-state index contributed by atoms with van der Waals surface area (Å²) in [6.07, 6.45) is 15.9. The van der Waals surface area contributed by atoms with Gasteiger partial charge in [0.1, 0.15) is 0 Å². The number of rotatable bonds is 7. The number of hydrogen-bond donors (Lipinski definition) is 1. The molecule has 0 aromatic heterocycles. The molecule has 0 saturated heterocycles. The van der Waals surface area contributed by atoms with Gasteiger partial charge in [-0.1, -0.05) is 63.0 Å². The van der Waals surface area contributed by atoms with E-state index in [9.17, 15) is 0 Å². The fourth-order valence-corrected chi connectivity index (χ4v) is 2.59. The second-order valence-electron chi connectivity index (χ2n) is 5.27. The van der Waals surface area contributed by atoms with Crippen LogP contribution < -0.4 is 5.32 Å². The maximum Gasteiger partial charge on any atom is 0.0967 e. The van der Waals surface area contributed by atoms with Gasteiger partial charge in [-0.2, -0.15) is 0 Å². The summed E-state index contributed by atoms with van der Waals surface area (Å²) in [5.74, 6) is 0.322. The minimum Gasteiger partial charge on any atom is -0.362 e. The SMILES string of the molecule is C=CC1=C(CC)C=CC(=CC=CC)C(C)C1=CCOCNC. The molecule has 0 aromatic rings. The molecule has 1 unspecified atom stereocenters. The number of nitrogens with one attached hydrogen (secondary N) is 1. The van der Waals surface area contributed by atoms with Crippen LogP contribution in [0.1, 0.15) is 27.2 Å². The molecule has 1 rings (SSSR count). The Balaban J connectivity index is 3.21. The second-order valence-corrected chi connectivity index (χ2v) is 5.27. The molecule has 2 heteroatoms. The van der Waals surface area contributed by atoms with Gasteiger partial charge in [0, 0.05) is 5.92 Å². The van der Waals surface area contributed by atoms with E-state index in [1.54, 1.807) is 0 Å². The van der Waals surface area contributed by atoms with E-state index in [1.165, 1.54) is 22.3 Å². The smallest absolute Gasteiger partial charge is 0.0967 e. The summed E-state index contributed by atoms with van der Waals surface area (Å²) in [6, 6.07) is 0. The Morgan fingerprint density at radius 1 is 1.36 bits per heavy atom. The van der Waals surface area contributed by atoms with E-state index in [0.29, 0.717) is 19.3 Å². The van der Waals surface area contributed by atoms with E-state index in [1.807, 2.05) is 20.0 Å². The minimum atomic E-state index is 0.322. The average molecular weight is 299 g/mol. The molecule has 1 N–H and O–H groups in total. The van der Waals surface area contributed by atoms with E-state index in [-0.39, 0.29) is 0 Å². The molecule has 1 aliphatic carbocycles. The highest BCUT2D eigenvalue weighted by atomic mass is 16.5. The van der Waals surface area contributed by atoms with E-state index in [2.05, 4.69) is 62.2 Å². The zero-order chi connectivity index (χ0) is 16.4. The van der Waals surface area contributed by atoms with Gasteiger partial charge in [-0.15, -0.1) is 0 Å². The van der Waals surface area contributed by atoms with Crippen LogP contribution in [-0.2, 0) is 4.74 Å². The van der Waals surface area contributed by atoms with Crippen LogP contribution in [0.4, 0.5) is 0 Å². The van der Waals surface area contributed by atoms with Crippen molar-refractivity contribution in [2.24, 2.45) is 5.92 Å². The summed E-state index contributed by atoms with van der Waals surface area (Å²) < 4.78 is 5.55. The Bertz CT molecular complexity index is 518. The van der Waals surface area contributed by atoms with Crippen molar-refractivity contribution in [3.05, 3.63) is 71.4 Å². The molecule has 0 amide bonds. The largest absolute Gasteiger partial charge is 0.362 e. The van der Waals surface area contributed by atoms with Gasteiger partial charge in [-0.05, 0) is 42.7 Å². The second kappa shape index (κ2) is 10.1. The van der Waals surface area contributed by atoms with Gasteiger partial charge in [0.15, 0.2) is 0 Å². The first-order valence-corrected chi connectivity index (χ1v) is 7.98. The summed E-state index contributed by atoms with van der Waals surface area (Å²) in [6.45, 7) is 11.6. The molecular weight excluding hydrogens is 270 g/mol. The molecule has 0 fully saturated rings. The average Bonchev–Trinajstić information content (AvgIpc) is 2.66. The third-order valence-corrected chi connectivity index (χ3v) is 3.83. The van der Waals surface area contributed by atoms with Crippen LogP contribution in [0.15, 0.2) is 71.4 Å². The zero-order valence-electron chi connectivity index (χ0n) is 14.4. The lowest BCUT2D eigenvalue weighted by Gasteiger charge is -2.18. The topological polar surface area (TPSA) is 21.3 Å². The Morgan fingerprint density at radius 3 is 2.73 bits per heavy atom. The van der Waals surface area contributed by atoms with E-state index in [0.717, 1.165) is 6.42 Å². The quantitative estimate of drug-likeness (QED) is 0.543. The van der Waals surface area contributed by atoms with Crippen LogP contribution in [0.2, 0.25) is 0 Å². The van der Waals surface area contributed by atoms with Crippen LogP contribution in [0.3, 0.4) is 0 Å². The number of hydrogen-bond acceptors (Lipinski definition) is 2. The van der Waals surface area contributed by atoms with Crippen molar-refractivity contribution in [3.63, 3.8) is 0 Å². The molecule has 0 heterocycles. The maximum absolute atomic E-state index is 5.55. The van der Waals surface area contributed by atoms with Crippen molar-refractivity contribution in [3.8, 4) is 0 Å². The van der Waals surface area contributed by atoms with E-state index >= 15 is 0 Å². The summed E-state index contributed by atoms with van der Waals surface area (Å²) in [7, 11) is 1.88. The molecule has 0 radical (unpaired) electrons. The normalized spacial score (nSPS) is 22.8. The van der Waals surface area contributed by atoms with Crippen molar-refractivity contribution in [2.75, 3.05) is 20.4 Å². The lowest BCUT2D eigenvalue weighted by molar-refractivity contribution is 0.148. The van der Waals surface area contributed by atoms with Crippen molar-refractivity contribution in [2.45, 2.75) is 27.2 Å². The Hall–Kier alpha value is -1.64. The Kier molecular flexibility index (Phi) is 8.49. The van der Waals surface area contributed by atoms with Crippen molar-refractivity contribution in [1.29, 1.82) is 0 Å². The van der Waals surface area contributed by atoms with Crippen LogP contribution >= 0.6 is 0 Å². The maximum atomic E-state index is 5.55. The first-order valence-electron chi connectivity index (χ1n) is 7.98. The predicted molar refractivity (Wildman–Crippen MR) is 96.7 cm³/mol. The molecule has 0 aliphatic heterocycles. The van der Waals surface area contributed by atoms with Gasteiger partial charge >= 0.3 is 0 Å². The monoisotopic (exact) mass is 299 g/mol. The highest BCUT2D eigenvalue weighted by Gasteiger charge is 2.19. The molecule has 1 aliphatic rings. The Labute approximate surface area is 135 Å². The van der Waals surface area contributed by atoms with Crippen molar-refractivity contribution in [1.82, 2.24) is 5.32 Å². The van der Waals surface area contributed by atoms with Gasteiger partial charge in [0.25, 0.3) is 0 Å². The van der Waals surface area contributed by atoms with Crippen LogP contribution in [0, 0.1) is 5.92 Å². The standard InChI is InChI=1S/C20H29NO/c1-6-9-10-18-12-11-17(7-2)19(8-3)20(16(18)4)13-14-22-15-21-5/h6,8-13,16,21H,3,7,14-15H2,1-2,4-5H3. The molecule has 1 atom stereocenters. The summed E-state index contributed by atoms with van der Waals surface area (Å²) in [5.41, 5.74) is 5.17. The summed E-state index contributed by atoms with van der Waals surface area (Å²) >= 11 is 0. The zero-order valence-corrected chi connectivity index (χ0v) is 14.4. The molecule has 120 valence electrons. The highest BCUT2D eigenvalue weighted by Crippen LogP contribution is 2.34. The van der Waals surface area contributed by atoms with E-state index in [4.69, 9.17) is 4.74 Å². The van der Waals surface area contributed by atoms with Crippen molar-refractivity contribution < 1.29 is 4.74 Å². The molecule has 0 spiro atoms. The first-order chi connectivity index (χ1) is 10.7. The summed E-state index contributed by atoms with van der Waals surface area (Å²) in [5, 5.41) is 2.99. The fraction of sp³-hybridized carbons (Fsp3) is 0.400. The third kappa shape index (κ3) is 4.97. The van der Waals surface area contributed by atoms with E-state index < -0.39 is 0 Å². The van der Waals surface area contributed by atoms with Gasteiger partial charge in [0.05, 0.1) is 13.3 Å². The molecule has 22 heavy (non-hydrogen) atoms. The molecule has 0 aromatic carbocycles. The van der Waals surface area contributed by atoms with Gasteiger partial charge in [-0.25, -0.2) is 0 Å². The van der Waals surface area contributed by atoms with Gasteiger partial charge in [0.2, 0.25) is 0 Å². The number of allylic oxidation sites excluding steroid dienone is 10. The van der Waals surface area contributed by atoms with Gasteiger partial charge in [-0.3, -0.25) is 5.32 Å². The summed E-state index contributed by atoms with van der Waals surface area (Å²) in [4.78, 5) is 0. The predicted octanol–water partition coefficient (Wildman–Crippen LogP) is 4.71. The molecule has 2 nitrogen and oxygen atoms in total. The lowest BCUT2D eigenvalue weighted by Crippen LogP contribution is -2.12.